The molecule has 0 bridgehead atoms. The Labute approximate surface area is 192 Å². The van der Waals surface area contributed by atoms with Crippen LogP contribution in [0, 0.1) is 28.6 Å². The van der Waals surface area contributed by atoms with Gasteiger partial charge in [0, 0.05) is 5.56 Å². The second-order valence-electron chi connectivity index (χ2n) is 8.43. The third kappa shape index (κ3) is 5.00. The highest BCUT2D eigenvalue weighted by molar-refractivity contribution is 7.98. The maximum absolute atomic E-state index is 12.9. The standard InChI is InChI=1S/C26H25NO4S/c1-26(2)22(17-32-16-21-12-7-13-29-21)24(26)25(28)31-23(15-27)18-8-6-11-20(14-18)30-19-9-4-3-5-10-19/h3-14,22-24H,16-17H2,1-2H3/t22-,23?,24-/m0/s1. The number of carbonyl (C=O) groups excluding carboxylic acids is 1. The maximum atomic E-state index is 12.9. The molecule has 6 heteroatoms. The number of hydrogen-bond donors (Lipinski definition) is 0. The highest BCUT2D eigenvalue weighted by Gasteiger charge is 2.62. The topological polar surface area (TPSA) is 72.5 Å². The van der Waals surface area contributed by atoms with Crippen LogP contribution in [0.5, 0.6) is 11.5 Å². The fourth-order valence-corrected chi connectivity index (χ4v) is 5.29. The van der Waals surface area contributed by atoms with Crippen LogP contribution in [0.4, 0.5) is 0 Å². The van der Waals surface area contributed by atoms with E-state index < -0.39 is 6.10 Å². The monoisotopic (exact) mass is 447 g/mol. The lowest BCUT2D eigenvalue weighted by Crippen LogP contribution is -2.14. The lowest BCUT2D eigenvalue weighted by molar-refractivity contribution is -0.149. The molecular formula is C26H25NO4S. The van der Waals surface area contributed by atoms with Crippen molar-refractivity contribution >= 4 is 17.7 Å². The van der Waals surface area contributed by atoms with Crippen molar-refractivity contribution < 1.29 is 18.7 Å². The highest BCUT2D eigenvalue weighted by Crippen LogP contribution is 2.60. The van der Waals surface area contributed by atoms with Crippen molar-refractivity contribution in [1.82, 2.24) is 0 Å². The predicted octanol–water partition coefficient (Wildman–Crippen LogP) is 6.39. The minimum atomic E-state index is -0.977. The number of rotatable bonds is 9. The van der Waals surface area contributed by atoms with Crippen LogP contribution in [0.3, 0.4) is 0 Å². The summed E-state index contributed by atoms with van der Waals surface area (Å²) in [6.45, 7) is 4.15. The number of nitrogens with zero attached hydrogens (tertiary/aromatic N) is 1. The summed E-state index contributed by atoms with van der Waals surface area (Å²) in [5.74, 6) is 3.50. The van der Waals surface area contributed by atoms with Gasteiger partial charge in [-0.25, -0.2) is 0 Å². The number of esters is 1. The van der Waals surface area contributed by atoms with Crippen molar-refractivity contribution in [1.29, 1.82) is 5.26 Å². The van der Waals surface area contributed by atoms with Gasteiger partial charge in [-0.05, 0) is 53.5 Å². The molecule has 1 aliphatic carbocycles. The van der Waals surface area contributed by atoms with Crippen molar-refractivity contribution in [2.75, 3.05) is 5.75 Å². The Hall–Kier alpha value is -3.17. The molecule has 1 fully saturated rings. The number of thioether (sulfide) groups is 1. The van der Waals surface area contributed by atoms with Crippen molar-refractivity contribution in [2.45, 2.75) is 25.7 Å². The number of para-hydroxylation sites is 1. The van der Waals surface area contributed by atoms with Crippen LogP contribution in [-0.2, 0) is 15.3 Å². The number of carbonyl (C=O) groups is 1. The third-order valence-electron chi connectivity index (χ3n) is 5.92. The third-order valence-corrected chi connectivity index (χ3v) is 7.00. The minimum absolute atomic E-state index is 0.147. The summed E-state index contributed by atoms with van der Waals surface area (Å²) >= 11 is 1.75. The quantitative estimate of drug-likeness (QED) is 0.354. The number of ether oxygens (including phenoxy) is 2. The van der Waals surface area contributed by atoms with E-state index in [4.69, 9.17) is 13.9 Å². The van der Waals surface area contributed by atoms with E-state index in [2.05, 4.69) is 19.9 Å². The largest absolute Gasteiger partial charge is 0.468 e. The molecule has 3 aromatic rings. The van der Waals surface area contributed by atoms with E-state index in [1.54, 1.807) is 36.2 Å². The van der Waals surface area contributed by atoms with E-state index in [-0.39, 0.29) is 23.2 Å². The molecule has 1 unspecified atom stereocenters. The van der Waals surface area contributed by atoms with Gasteiger partial charge in [-0.15, -0.1) is 0 Å². The zero-order valence-corrected chi connectivity index (χ0v) is 18.9. The van der Waals surface area contributed by atoms with Crippen molar-refractivity contribution in [2.24, 2.45) is 17.3 Å². The van der Waals surface area contributed by atoms with Gasteiger partial charge in [0.15, 0.2) is 0 Å². The van der Waals surface area contributed by atoms with E-state index in [1.165, 1.54) is 0 Å². The van der Waals surface area contributed by atoms with Gasteiger partial charge in [-0.1, -0.05) is 44.2 Å². The van der Waals surface area contributed by atoms with E-state index in [0.717, 1.165) is 17.3 Å². The number of hydrogen-bond acceptors (Lipinski definition) is 6. The highest BCUT2D eigenvalue weighted by atomic mass is 32.2. The Bertz CT molecular complexity index is 1090. The van der Waals surface area contributed by atoms with Gasteiger partial charge in [0.1, 0.15) is 23.3 Å². The van der Waals surface area contributed by atoms with Gasteiger partial charge < -0.3 is 13.9 Å². The molecule has 0 spiro atoms. The molecule has 164 valence electrons. The Morgan fingerprint density at radius 2 is 1.91 bits per heavy atom. The molecule has 1 aliphatic rings. The van der Waals surface area contributed by atoms with Crippen molar-refractivity contribution in [3.8, 4) is 17.6 Å². The fourth-order valence-electron chi connectivity index (χ4n) is 3.93. The first-order valence-electron chi connectivity index (χ1n) is 10.5. The van der Waals surface area contributed by atoms with E-state index in [1.807, 2.05) is 48.5 Å². The van der Waals surface area contributed by atoms with Crippen LogP contribution in [0.15, 0.2) is 77.4 Å². The molecule has 0 aliphatic heterocycles. The van der Waals surface area contributed by atoms with Gasteiger partial charge in [0.25, 0.3) is 0 Å². The summed E-state index contributed by atoms with van der Waals surface area (Å²) in [6.07, 6.45) is 0.689. The van der Waals surface area contributed by atoms with Gasteiger partial charge >= 0.3 is 5.97 Å². The lowest BCUT2D eigenvalue weighted by Gasteiger charge is -2.13. The molecule has 0 amide bonds. The average Bonchev–Trinajstić information content (AvgIpc) is 3.11. The average molecular weight is 448 g/mol. The predicted molar refractivity (Wildman–Crippen MR) is 123 cm³/mol. The second-order valence-corrected chi connectivity index (χ2v) is 9.46. The zero-order chi connectivity index (χ0) is 22.6. The van der Waals surface area contributed by atoms with Gasteiger partial charge in [-0.2, -0.15) is 17.0 Å². The maximum Gasteiger partial charge on any atom is 0.311 e. The molecule has 0 saturated heterocycles. The summed E-state index contributed by atoms with van der Waals surface area (Å²) in [6, 6.07) is 22.4. The van der Waals surface area contributed by atoms with Crippen LogP contribution in [-0.4, -0.2) is 11.7 Å². The molecule has 1 saturated carbocycles. The SMILES string of the molecule is CC1(C)[C@H](C(=O)OC(C#N)c2cccc(Oc3ccccc3)c2)[C@@H]1CSCc1ccco1. The summed E-state index contributed by atoms with van der Waals surface area (Å²) in [7, 11) is 0. The van der Waals surface area contributed by atoms with Crippen LogP contribution >= 0.6 is 11.8 Å². The fraction of sp³-hybridized carbons (Fsp3) is 0.308. The normalized spacial score (nSPS) is 19.5. The van der Waals surface area contributed by atoms with Crippen LogP contribution < -0.4 is 4.74 Å². The molecule has 2 aromatic carbocycles. The Balaban J connectivity index is 1.36. The Morgan fingerprint density at radius 3 is 2.62 bits per heavy atom. The van der Waals surface area contributed by atoms with Crippen molar-refractivity contribution in [3.05, 3.63) is 84.3 Å². The number of benzene rings is 2. The van der Waals surface area contributed by atoms with Gasteiger partial charge in [0.05, 0.1) is 17.9 Å². The molecule has 3 atom stereocenters. The zero-order valence-electron chi connectivity index (χ0n) is 18.1. The molecule has 0 radical (unpaired) electrons. The first-order chi connectivity index (χ1) is 15.5. The van der Waals surface area contributed by atoms with Gasteiger partial charge in [-0.3, -0.25) is 4.79 Å². The van der Waals surface area contributed by atoms with E-state index >= 15 is 0 Å². The van der Waals surface area contributed by atoms with Crippen LogP contribution in [0.2, 0.25) is 0 Å². The number of nitriles is 1. The smallest absolute Gasteiger partial charge is 0.311 e. The first kappa shape index (κ1) is 22.0. The van der Waals surface area contributed by atoms with Gasteiger partial charge in [0.2, 0.25) is 6.10 Å². The Kier molecular flexibility index (Phi) is 6.57. The molecule has 32 heavy (non-hydrogen) atoms. The molecule has 1 aromatic heterocycles. The van der Waals surface area contributed by atoms with Crippen LogP contribution in [0.25, 0.3) is 0 Å². The summed E-state index contributed by atoms with van der Waals surface area (Å²) < 4.78 is 16.9. The Morgan fingerprint density at radius 1 is 1.12 bits per heavy atom. The molecule has 5 nitrogen and oxygen atoms in total. The lowest BCUT2D eigenvalue weighted by atomic mass is 10.1. The van der Waals surface area contributed by atoms with E-state index in [9.17, 15) is 10.1 Å². The summed E-state index contributed by atoms with van der Waals surface area (Å²) in [5, 5.41) is 9.67. The minimum Gasteiger partial charge on any atom is -0.468 e. The summed E-state index contributed by atoms with van der Waals surface area (Å²) in [4.78, 5) is 12.9. The summed E-state index contributed by atoms with van der Waals surface area (Å²) in [5.41, 5.74) is 0.447. The van der Waals surface area contributed by atoms with Crippen LogP contribution in [0.1, 0.15) is 31.3 Å². The molecule has 1 heterocycles. The second kappa shape index (κ2) is 9.54. The molecule has 0 N–H and O–H groups in total. The van der Waals surface area contributed by atoms with E-state index in [0.29, 0.717) is 17.1 Å². The first-order valence-corrected chi connectivity index (χ1v) is 11.7. The van der Waals surface area contributed by atoms with Crippen molar-refractivity contribution in [3.63, 3.8) is 0 Å². The molecular weight excluding hydrogens is 422 g/mol. The number of furan rings is 1. The molecule has 4 rings (SSSR count).